The standard InChI is InChI=1S/C15H12Br3NO2/c16-6-1-3-7(4-2-6)19-14(20)10-8-5-9(11(10)15(19)21)13(18)12(8)17/h1-4,8-13H,5H2/t8-,9-,10-,11+,12-,13+/m1/s1. The molecule has 2 aliphatic carbocycles. The summed E-state index contributed by atoms with van der Waals surface area (Å²) < 4.78 is 0.937. The zero-order valence-electron chi connectivity index (χ0n) is 10.9. The summed E-state index contributed by atoms with van der Waals surface area (Å²) in [6.45, 7) is 0. The van der Waals surface area contributed by atoms with Gasteiger partial charge in [-0.1, -0.05) is 47.8 Å². The Bertz CT molecular complexity index is 600. The highest BCUT2D eigenvalue weighted by Gasteiger charge is 2.66. The first-order valence-corrected chi connectivity index (χ1v) is 9.54. The van der Waals surface area contributed by atoms with Crippen LogP contribution in [0.5, 0.6) is 0 Å². The molecule has 2 bridgehead atoms. The van der Waals surface area contributed by atoms with E-state index in [-0.39, 0.29) is 45.1 Å². The summed E-state index contributed by atoms with van der Waals surface area (Å²) in [5.74, 6) is 0.184. The number of anilines is 1. The minimum absolute atomic E-state index is 0.0244. The summed E-state index contributed by atoms with van der Waals surface area (Å²) in [6.07, 6.45) is 0.965. The fourth-order valence-corrected chi connectivity index (χ4v) is 6.33. The highest BCUT2D eigenvalue weighted by molar-refractivity contribution is 9.12. The van der Waals surface area contributed by atoms with E-state index in [4.69, 9.17) is 0 Å². The lowest BCUT2D eigenvalue weighted by Gasteiger charge is -2.28. The Morgan fingerprint density at radius 3 is 1.86 bits per heavy atom. The maximum Gasteiger partial charge on any atom is 0.238 e. The summed E-state index contributed by atoms with van der Waals surface area (Å²) in [7, 11) is 0. The molecule has 0 aromatic heterocycles. The summed E-state index contributed by atoms with van der Waals surface area (Å²) >= 11 is 10.8. The third kappa shape index (κ3) is 1.88. The van der Waals surface area contributed by atoms with Gasteiger partial charge in [0.25, 0.3) is 0 Å². The van der Waals surface area contributed by atoms with E-state index in [1.54, 1.807) is 0 Å². The number of rotatable bonds is 1. The van der Waals surface area contributed by atoms with Crippen molar-refractivity contribution in [1.29, 1.82) is 0 Å². The molecule has 3 aliphatic rings. The fourth-order valence-electron chi connectivity index (χ4n) is 4.19. The number of halogens is 3. The van der Waals surface area contributed by atoms with Gasteiger partial charge in [-0.2, -0.15) is 0 Å². The molecule has 3 nitrogen and oxygen atoms in total. The van der Waals surface area contributed by atoms with E-state index in [2.05, 4.69) is 47.8 Å². The van der Waals surface area contributed by atoms with Crippen molar-refractivity contribution < 1.29 is 9.59 Å². The summed E-state index contributed by atoms with van der Waals surface area (Å²) in [5.41, 5.74) is 0.680. The predicted octanol–water partition coefficient (Wildman–Crippen LogP) is 3.73. The molecular weight excluding hydrogens is 466 g/mol. The molecule has 1 aliphatic heterocycles. The Kier molecular flexibility index (Phi) is 3.36. The van der Waals surface area contributed by atoms with Gasteiger partial charge in [0.1, 0.15) is 0 Å². The summed E-state index contributed by atoms with van der Waals surface area (Å²) in [5, 5.41) is 0. The van der Waals surface area contributed by atoms with Gasteiger partial charge in [0.15, 0.2) is 0 Å². The normalized spacial score (nSPS) is 41.0. The van der Waals surface area contributed by atoms with Crippen LogP contribution < -0.4 is 4.90 Å². The Labute approximate surface area is 147 Å². The second-order valence-corrected chi connectivity index (χ2v) is 9.02. The Hall–Kier alpha value is -0.200. The van der Waals surface area contributed by atoms with Crippen molar-refractivity contribution in [3.63, 3.8) is 0 Å². The van der Waals surface area contributed by atoms with Gasteiger partial charge in [-0.25, -0.2) is 0 Å². The number of hydrogen-bond acceptors (Lipinski definition) is 2. The number of carbonyl (C=O) groups excluding carboxylic acids is 2. The largest absolute Gasteiger partial charge is 0.274 e. The molecule has 1 heterocycles. The second kappa shape index (κ2) is 4.90. The minimum Gasteiger partial charge on any atom is -0.274 e. The van der Waals surface area contributed by atoms with Crippen LogP contribution in [0.2, 0.25) is 0 Å². The van der Waals surface area contributed by atoms with Crippen LogP contribution in [0.3, 0.4) is 0 Å². The average molecular weight is 478 g/mol. The number of alkyl halides is 2. The van der Waals surface area contributed by atoms with Gasteiger partial charge in [0.2, 0.25) is 11.8 Å². The number of benzene rings is 1. The topological polar surface area (TPSA) is 37.4 Å². The molecule has 0 radical (unpaired) electrons. The molecule has 1 saturated heterocycles. The second-order valence-electron chi connectivity index (χ2n) is 5.99. The molecule has 110 valence electrons. The lowest BCUT2D eigenvalue weighted by molar-refractivity contribution is -0.123. The molecule has 0 unspecified atom stereocenters. The molecule has 2 saturated carbocycles. The van der Waals surface area contributed by atoms with Crippen LogP contribution in [0, 0.1) is 23.7 Å². The van der Waals surface area contributed by atoms with Crippen molar-refractivity contribution in [2.75, 3.05) is 4.90 Å². The number of hydrogen-bond donors (Lipinski definition) is 0. The van der Waals surface area contributed by atoms with Crippen LogP contribution in [-0.4, -0.2) is 21.5 Å². The van der Waals surface area contributed by atoms with Gasteiger partial charge in [0.05, 0.1) is 17.5 Å². The number of nitrogens with zero attached hydrogens (tertiary/aromatic N) is 1. The SMILES string of the molecule is O=C1[C@@H]2[C@H]3C[C@@H]([C@H](Br)[C@@H]3Br)[C@@H]2C(=O)N1c1ccc(Br)cc1. The lowest BCUT2D eigenvalue weighted by Crippen LogP contribution is -2.37. The molecule has 1 aromatic rings. The Morgan fingerprint density at radius 1 is 0.905 bits per heavy atom. The van der Waals surface area contributed by atoms with Gasteiger partial charge in [-0.3, -0.25) is 14.5 Å². The number of fused-ring (bicyclic) bond motifs is 5. The van der Waals surface area contributed by atoms with E-state index in [9.17, 15) is 9.59 Å². The molecule has 1 aromatic carbocycles. The van der Waals surface area contributed by atoms with Crippen LogP contribution in [0.1, 0.15) is 6.42 Å². The van der Waals surface area contributed by atoms with Gasteiger partial charge in [0, 0.05) is 14.1 Å². The first-order valence-electron chi connectivity index (χ1n) is 6.92. The number of amides is 2. The van der Waals surface area contributed by atoms with Crippen LogP contribution in [-0.2, 0) is 9.59 Å². The Morgan fingerprint density at radius 2 is 1.38 bits per heavy atom. The van der Waals surface area contributed by atoms with E-state index in [1.165, 1.54) is 4.90 Å². The molecule has 6 atom stereocenters. The van der Waals surface area contributed by atoms with Crippen LogP contribution in [0.15, 0.2) is 28.7 Å². The Balaban J connectivity index is 1.73. The lowest BCUT2D eigenvalue weighted by atomic mass is 9.81. The zero-order valence-corrected chi connectivity index (χ0v) is 15.6. The monoisotopic (exact) mass is 475 g/mol. The van der Waals surface area contributed by atoms with Crippen LogP contribution in [0.4, 0.5) is 5.69 Å². The van der Waals surface area contributed by atoms with Crippen molar-refractivity contribution in [2.24, 2.45) is 23.7 Å². The number of carbonyl (C=O) groups is 2. The van der Waals surface area contributed by atoms with Crippen molar-refractivity contribution in [2.45, 2.75) is 16.1 Å². The van der Waals surface area contributed by atoms with E-state index >= 15 is 0 Å². The first-order chi connectivity index (χ1) is 10.0. The fraction of sp³-hybridized carbons (Fsp3) is 0.467. The molecule has 3 fully saturated rings. The smallest absolute Gasteiger partial charge is 0.238 e. The molecule has 6 heteroatoms. The molecular formula is C15H12Br3NO2. The molecule has 0 spiro atoms. The molecule has 0 N–H and O–H groups in total. The summed E-state index contributed by atoms with van der Waals surface area (Å²) in [4.78, 5) is 27.5. The molecule has 2 amide bonds. The van der Waals surface area contributed by atoms with E-state index in [0.29, 0.717) is 5.69 Å². The highest BCUT2D eigenvalue weighted by atomic mass is 79.9. The van der Waals surface area contributed by atoms with Crippen LogP contribution >= 0.6 is 47.8 Å². The quantitative estimate of drug-likeness (QED) is 0.456. The predicted molar refractivity (Wildman–Crippen MR) is 90.6 cm³/mol. The zero-order chi connectivity index (χ0) is 14.9. The minimum atomic E-state index is -0.149. The van der Waals surface area contributed by atoms with E-state index in [1.807, 2.05) is 24.3 Å². The third-order valence-electron chi connectivity index (χ3n) is 5.07. The van der Waals surface area contributed by atoms with Crippen molar-refractivity contribution in [1.82, 2.24) is 0 Å². The molecule has 4 rings (SSSR count). The molecule has 21 heavy (non-hydrogen) atoms. The van der Waals surface area contributed by atoms with E-state index < -0.39 is 0 Å². The third-order valence-corrected chi connectivity index (χ3v) is 8.81. The highest BCUT2D eigenvalue weighted by Crippen LogP contribution is 2.60. The summed E-state index contributed by atoms with van der Waals surface area (Å²) in [6, 6.07) is 7.36. The van der Waals surface area contributed by atoms with Crippen molar-refractivity contribution in [3.05, 3.63) is 28.7 Å². The van der Waals surface area contributed by atoms with Crippen molar-refractivity contribution in [3.8, 4) is 0 Å². The number of imide groups is 1. The van der Waals surface area contributed by atoms with Gasteiger partial charge >= 0.3 is 0 Å². The maximum absolute atomic E-state index is 12.8. The van der Waals surface area contributed by atoms with Crippen LogP contribution in [0.25, 0.3) is 0 Å². The van der Waals surface area contributed by atoms with Gasteiger partial charge < -0.3 is 0 Å². The van der Waals surface area contributed by atoms with Crippen molar-refractivity contribution >= 4 is 65.3 Å². The van der Waals surface area contributed by atoms with Gasteiger partial charge in [-0.15, -0.1) is 0 Å². The van der Waals surface area contributed by atoms with Gasteiger partial charge in [-0.05, 0) is 42.5 Å². The average Bonchev–Trinajstić information content (AvgIpc) is 3.06. The maximum atomic E-state index is 12.8. The van der Waals surface area contributed by atoms with E-state index in [0.717, 1.165) is 10.9 Å². The first kappa shape index (κ1) is 14.4.